The van der Waals surface area contributed by atoms with E-state index < -0.39 is 0 Å². The standard InChI is InChI=1S/C21H22BrN5O/c1-14-17(9-10-18(24-14)15-6-5-7-16(22)12-15)21(28)23-13-20-26-25-19-8-3-2-4-11-27(19)20/h5-7,9-10,12H,2-4,8,11,13H2,1H3,(H,23,28). The van der Waals surface area contributed by atoms with Gasteiger partial charge in [0.05, 0.1) is 23.5 Å². The van der Waals surface area contributed by atoms with Gasteiger partial charge in [-0.2, -0.15) is 0 Å². The molecule has 3 heterocycles. The highest BCUT2D eigenvalue weighted by atomic mass is 79.9. The van der Waals surface area contributed by atoms with E-state index in [1.54, 1.807) is 0 Å². The molecule has 6 nitrogen and oxygen atoms in total. The minimum Gasteiger partial charge on any atom is -0.345 e. The number of hydrogen-bond donors (Lipinski definition) is 1. The highest BCUT2D eigenvalue weighted by Gasteiger charge is 2.16. The molecule has 0 saturated heterocycles. The zero-order chi connectivity index (χ0) is 19.5. The van der Waals surface area contributed by atoms with Gasteiger partial charge in [-0.15, -0.1) is 10.2 Å². The number of aryl methyl sites for hydroxylation is 2. The second kappa shape index (κ2) is 8.22. The van der Waals surface area contributed by atoms with Crippen LogP contribution in [0.2, 0.25) is 0 Å². The Labute approximate surface area is 172 Å². The molecule has 1 aliphatic heterocycles. The predicted octanol–water partition coefficient (Wildman–Crippen LogP) is 4.07. The van der Waals surface area contributed by atoms with Gasteiger partial charge in [-0.1, -0.05) is 34.5 Å². The number of rotatable bonds is 4. The van der Waals surface area contributed by atoms with E-state index in [0.717, 1.165) is 53.2 Å². The molecule has 0 spiro atoms. The fraction of sp³-hybridized carbons (Fsp3) is 0.333. The van der Waals surface area contributed by atoms with E-state index >= 15 is 0 Å². The lowest BCUT2D eigenvalue weighted by atomic mass is 10.1. The molecule has 0 aliphatic carbocycles. The molecular weight excluding hydrogens is 418 g/mol. The fourth-order valence-corrected chi connectivity index (χ4v) is 3.94. The van der Waals surface area contributed by atoms with Crippen molar-refractivity contribution in [3.8, 4) is 11.3 Å². The first-order valence-electron chi connectivity index (χ1n) is 9.54. The van der Waals surface area contributed by atoms with Crippen molar-refractivity contribution in [2.45, 2.75) is 45.7 Å². The van der Waals surface area contributed by atoms with Crippen LogP contribution in [0.25, 0.3) is 11.3 Å². The van der Waals surface area contributed by atoms with Gasteiger partial charge in [0.15, 0.2) is 5.82 Å². The molecule has 144 valence electrons. The molecule has 1 aliphatic rings. The minimum absolute atomic E-state index is 0.142. The van der Waals surface area contributed by atoms with Crippen molar-refractivity contribution in [1.29, 1.82) is 0 Å². The van der Waals surface area contributed by atoms with E-state index in [-0.39, 0.29) is 5.91 Å². The van der Waals surface area contributed by atoms with Gasteiger partial charge in [0, 0.05) is 23.0 Å². The van der Waals surface area contributed by atoms with Gasteiger partial charge < -0.3 is 9.88 Å². The van der Waals surface area contributed by atoms with Crippen LogP contribution in [-0.4, -0.2) is 25.7 Å². The zero-order valence-electron chi connectivity index (χ0n) is 15.8. The smallest absolute Gasteiger partial charge is 0.253 e. The summed E-state index contributed by atoms with van der Waals surface area (Å²) in [4.78, 5) is 17.3. The molecule has 1 aromatic carbocycles. The van der Waals surface area contributed by atoms with Gasteiger partial charge in [-0.05, 0) is 44.0 Å². The lowest BCUT2D eigenvalue weighted by molar-refractivity contribution is 0.0948. The maximum absolute atomic E-state index is 12.7. The maximum atomic E-state index is 12.7. The minimum atomic E-state index is -0.142. The molecule has 3 aromatic rings. The van der Waals surface area contributed by atoms with Crippen molar-refractivity contribution < 1.29 is 4.79 Å². The third kappa shape index (κ3) is 3.99. The Balaban J connectivity index is 1.47. The number of hydrogen-bond acceptors (Lipinski definition) is 4. The number of amides is 1. The highest BCUT2D eigenvalue weighted by Crippen LogP contribution is 2.22. The summed E-state index contributed by atoms with van der Waals surface area (Å²) in [6.45, 7) is 3.16. The van der Waals surface area contributed by atoms with Gasteiger partial charge in [0.25, 0.3) is 5.91 Å². The quantitative estimate of drug-likeness (QED) is 0.664. The second-order valence-electron chi connectivity index (χ2n) is 7.02. The number of carbonyl (C=O) groups is 1. The normalized spacial score (nSPS) is 13.6. The highest BCUT2D eigenvalue weighted by molar-refractivity contribution is 9.10. The molecule has 0 atom stereocenters. The Morgan fingerprint density at radius 3 is 2.89 bits per heavy atom. The molecule has 0 unspecified atom stereocenters. The molecule has 1 amide bonds. The number of fused-ring (bicyclic) bond motifs is 1. The van der Waals surface area contributed by atoms with Gasteiger partial charge in [-0.25, -0.2) is 0 Å². The third-order valence-corrected chi connectivity index (χ3v) is 5.54. The molecule has 1 N–H and O–H groups in total. The van der Waals surface area contributed by atoms with E-state index in [4.69, 9.17) is 0 Å². The van der Waals surface area contributed by atoms with Gasteiger partial charge in [0.2, 0.25) is 0 Å². The number of aromatic nitrogens is 4. The van der Waals surface area contributed by atoms with Crippen LogP contribution < -0.4 is 5.32 Å². The monoisotopic (exact) mass is 439 g/mol. The summed E-state index contributed by atoms with van der Waals surface area (Å²) in [6, 6.07) is 11.7. The van der Waals surface area contributed by atoms with Crippen LogP contribution in [-0.2, 0) is 19.5 Å². The van der Waals surface area contributed by atoms with E-state index in [9.17, 15) is 4.79 Å². The summed E-state index contributed by atoms with van der Waals surface area (Å²) in [5.41, 5.74) is 3.14. The number of nitrogens with one attached hydrogen (secondary N) is 1. The maximum Gasteiger partial charge on any atom is 0.253 e. The summed E-state index contributed by atoms with van der Waals surface area (Å²) in [5, 5.41) is 11.5. The van der Waals surface area contributed by atoms with Crippen molar-refractivity contribution in [2.24, 2.45) is 0 Å². The zero-order valence-corrected chi connectivity index (χ0v) is 17.4. The van der Waals surface area contributed by atoms with Crippen molar-refractivity contribution in [3.63, 3.8) is 0 Å². The average molecular weight is 440 g/mol. The van der Waals surface area contributed by atoms with Crippen LogP contribution in [0.5, 0.6) is 0 Å². The Morgan fingerprint density at radius 1 is 1.18 bits per heavy atom. The number of benzene rings is 1. The van der Waals surface area contributed by atoms with E-state index in [2.05, 4.69) is 41.0 Å². The van der Waals surface area contributed by atoms with Crippen molar-refractivity contribution in [1.82, 2.24) is 25.1 Å². The predicted molar refractivity (Wildman–Crippen MR) is 111 cm³/mol. The van der Waals surface area contributed by atoms with Crippen LogP contribution in [0, 0.1) is 6.92 Å². The van der Waals surface area contributed by atoms with Crippen LogP contribution in [0.1, 0.15) is 47.0 Å². The molecule has 2 aromatic heterocycles. The first kappa shape index (κ1) is 18.8. The molecule has 0 radical (unpaired) electrons. The molecule has 28 heavy (non-hydrogen) atoms. The molecular formula is C21H22BrN5O. The summed E-state index contributed by atoms with van der Waals surface area (Å²) < 4.78 is 3.15. The lowest BCUT2D eigenvalue weighted by Gasteiger charge is -2.10. The second-order valence-corrected chi connectivity index (χ2v) is 7.93. The summed E-state index contributed by atoms with van der Waals surface area (Å²) in [7, 11) is 0. The van der Waals surface area contributed by atoms with E-state index in [1.807, 2.05) is 43.3 Å². The molecule has 4 rings (SSSR count). The Bertz CT molecular complexity index is 1010. The van der Waals surface area contributed by atoms with Gasteiger partial charge >= 0.3 is 0 Å². The van der Waals surface area contributed by atoms with Crippen LogP contribution in [0.15, 0.2) is 40.9 Å². The number of pyridine rings is 1. The Hall–Kier alpha value is -2.54. The van der Waals surface area contributed by atoms with E-state index in [1.165, 1.54) is 6.42 Å². The molecule has 0 bridgehead atoms. The van der Waals surface area contributed by atoms with Crippen LogP contribution >= 0.6 is 15.9 Å². The Morgan fingerprint density at radius 2 is 2.07 bits per heavy atom. The van der Waals surface area contributed by atoms with Crippen LogP contribution in [0.4, 0.5) is 0 Å². The summed E-state index contributed by atoms with van der Waals surface area (Å²) in [5.74, 6) is 1.70. The first-order chi connectivity index (χ1) is 13.6. The van der Waals surface area contributed by atoms with Crippen LogP contribution in [0.3, 0.4) is 0 Å². The van der Waals surface area contributed by atoms with Crippen molar-refractivity contribution in [2.75, 3.05) is 0 Å². The fourth-order valence-electron chi connectivity index (χ4n) is 3.54. The summed E-state index contributed by atoms with van der Waals surface area (Å²) >= 11 is 3.48. The molecule has 0 saturated carbocycles. The third-order valence-electron chi connectivity index (χ3n) is 5.04. The number of carbonyl (C=O) groups excluding carboxylic acids is 1. The molecule has 0 fully saturated rings. The van der Waals surface area contributed by atoms with Gasteiger partial charge in [-0.3, -0.25) is 9.78 Å². The van der Waals surface area contributed by atoms with E-state index in [0.29, 0.717) is 17.8 Å². The average Bonchev–Trinajstić information content (AvgIpc) is 2.92. The van der Waals surface area contributed by atoms with Crippen molar-refractivity contribution >= 4 is 21.8 Å². The Kier molecular flexibility index (Phi) is 5.52. The van der Waals surface area contributed by atoms with Gasteiger partial charge in [0.1, 0.15) is 5.82 Å². The topological polar surface area (TPSA) is 72.7 Å². The molecule has 7 heteroatoms. The number of nitrogens with zero attached hydrogens (tertiary/aromatic N) is 4. The largest absolute Gasteiger partial charge is 0.345 e. The number of halogens is 1. The SMILES string of the molecule is Cc1nc(-c2cccc(Br)c2)ccc1C(=O)NCc1nnc2n1CCCCC2. The van der Waals surface area contributed by atoms with Crippen molar-refractivity contribution in [3.05, 3.63) is 63.8 Å². The lowest BCUT2D eigenvalue weighted by Crippen LogP contribution is -2.26. The summed E-state index contributed by atoms with van der Waals surface area (Å²) in [6.07, 6.45) is 4.46. The first-order valence-corrected chi connectivity index (χ1v) is 10.3.